The SMILES string of the molecule is COc1ccc(CCC(=O)N(C)CC2CC(Br)C2)cc1. The molecule has 4 heteroatoms. The molecule has 0 aliphatic heterocycles. The van der Waals surface area contributed by atoms with Crippen molar-refractivity contribution in [1.29, 1.82) is 0 Å². The lowest BCUT2D eigenvalue weighted by Gasteiger charge is -2.34. The molecule has 0 N–H and O–H groups in total. The fraction of sp³-hybridized carbons (Fsp3) is 0.562. The number of methoxy groups -OCH3 is 1. The lowest BCUT2D eigenvalue weighted by molar-refractivity contribution is -0.130. The quantitative estimate of drug-likeness (QED) is 0.744. The molecule has 3 nitrogen and oxygen atoms in total. The molecule has 0 heterocycles. The lowest BCUT2D eigenvalue weighted by atomic mass is 9.85. The van der Waals surface area contributed by atoms with E-state index in [0.29, 0.717) is 17.2 Å². The van der Waals surface area contributed by atoms with Gasteiger partial charge in [-0.2, -0.15) is 0 Å². The molecule has 0 saturated heterocycles. The molecule has 1 aromatic rings. The van der Waals surface area contributed by atoms with Crippen molar-refractivity contribution in [2.45, 2.75) is 30.5 Å². The highest BCUT2D eigenvalue weighted by Crippen LogP contribution is 2.33. The molecule has 0 aromatic heterocycles. The van der Waals surface area contributed by atoms with Crippen LogP contribution >= 0.6 is 15.9 Å². The third-order valence-electron chi connectivity index (χ3n) is 3.92. The van der Waals surface area contributed by atoms with Crippen LogP contribution in [0.1, 0.15) is 24.8 Å². The summed E-state index contributed by atoms with van der Waals surface area (Å²) in [5.41, 5.74) is 1.18. The van der Waals surface area contributed by atoms with Crippen LogP contribution < -0.4 is 4.74 Å². The summed E-state index contributed by atoms with van der Waals surface area (Å²) in [4.78, 5) is 14.6. The van der Waals surface area contributed by atoms with Gasteiger partial charge < -0.3 is 9.64 Å². The predicted molar refractivity (Wildman–Crippen MR) is 84.4 cm³/mol. The summed E-state index contributed by atoms with van der Waals surface area (Å²) in [5, 5.41) is 0. The normalized spacial score (nSPS) is 21.1. The Balaban J connectivity index is 1.73. The third kappa shape index (κ3) is 4.23. The number of aryl methyl sites for hydroxylation is 1. The molecule has 1 aliphatic rings. The second-order valence-corrected chi connectivity index (χ2v) is 6.85. The summed E-state index contributed by atoms with van der Waals surface area (Å²) >= 11 is 3.59. The van der Waals surface area contributed by atoms with E-state index in [4.69, 9.17) is 4.74 Å². The van der Waals surface area contributed by atoms with E-state index in [9.17, 15) is 4.79 Å². The summed E-state index contributed by atoms with van der Waals surface area (Å²) in [6, 6.07) is 7.92. The summed E-state index contributed by atoms with van der Waals surface area (Å²) < 4.78 is 5.13. The maximum absolute atomic E-state index is 12.1. The van der Waals surface area contributed by atoms with Crippen molar-refractivity contribution < 1.29 is 9.53 Å². The number of rotatable bonds is 6. The Hall–Kier alpha value is -1.03. The van der Waals surface area contributed by atoms with Crippen LogP contribution in [0.25, 0.3) is 0 Å². The van der Waals surface area contributed by atoms with Gasteiger partial charge in [-0.15, -0.1) is 0 Å². The zero-order chi connectivity index (χ0) is 14.5. The zero-order valence-corrected chi connectivity index (χ0v) is 13.7. The number of nitrogens with zero attached hydrogens (tertiary/aromatic N) is 1. The van der Waals surface area contributed by atoms with Crippen LogP contribution in [0.4, 0.5) is 0 Å². The van der Waals surface area contributed by atoms with Crippen molar-refractivity contribution in [1.82, 2.24) is 4.90 Å². The fourth-order valence-electron chi connectivity index (χ4n) is 2.53. The Morgan fingerprint density at radius 2 is 2.00 bits per heavy atom. The molecule has 0 spiro atoms. The molecular formula is C16H22BrNO2. The highest BCUT2D eigenvalue weighted by atomic mass is 79.9. The van der Waals surface area contributed by atoms with Crippen molar-refractivity contribution in [3.05, 3.63) is 29.8 Å². The predicted octanol–water partition coefficient (Wildman–Crippen LogP) is 3.26. The molecule has 1 amide bonds. The topological polar surface area (TPSA) is 29.5 Å². The molecule has 110 valence electrons. The average molecular weight is 340 g/mol. The lowest BCUT2D eigenvalue weighted by Crippen LogP contribution is -2.37. The summed E-state index contributed by atoms with van der Waals surface area (Å²) in [7, 11) is 3.57. The van der Waals surface area contributed by atoms with Crippen LogP contribution in [0.15, 0.2) is 24.3 Å². The first kappa shape index (κ1) is 15.4. The van der Waals surface area contributed by atoms with Gasteiger partial charge in [-0.05, 0) is 42.9 Å². The minimum absolute atomic E-state index is 0.235. The summed E-state index contributed by atoms with van der Waals surface area (Å²) in [5.74, 6) is 1.76. The Bertz CT molecular complexity index is 440. The van der Waals surface area contributed by atoms with E-state index in [-0.39, 0.29) is 5.91 Å². The maximum Gasteiger partial charge on any atom is 0.222 e. The second-order valence-electron chi connectivity index (χ2n) is 5.56. The summed E-state index contributed by atoms with van der Waals surface area (Å²) in [6.45, 7) is 0.892. The Morgan fingerprint density at radius 3 is 2.55 bits per heavy atom. The van der Waals surface area contributed by atoms with Crippen LogP contribution in [0.5, 0.6) is 5.75 Å². The van der Waals surface area contributed by atoms with Gasteiger partial charge >= 0.3 is 0 Å². The van der Waals surface area contributed by atoms with Gasteiger partial charge in [0.2, 0.25) is 5.91 Å². The standard InChI is InChI=1S/C16H22BrNO2/c1-18(11-13-9-14(17)10-13)16(19)8-5-12-3-6-15(20-2)7-4-12/h3-4,6-7,13-14H,5,8-11H2,1-2H3. The van der Waals surface area contributed by atoms with E-state index in [0.717, 1.165) is 18.7 Å². The van der Waals surface area contributed by atoms with Gasteiger partial charge in [-0.1, -0.05) is 28.1 Å². The van der Waals surface area contributed by atoms with Crippen LogP contribution in [0.3, 0.4) is 0 Å². The number of halogens is 1. The molecule has 1 saturated carbocycles. The molecule has 0 unspecified atom stereocenters. The molecule has 2 rings (SSSR count). The highest BCUT2D eigenvalue weighted by Gasteiger charge is 2.28. The monoisotopic (exact) mass is 339 g/mol. The van der Waals surface area contributed by atoms with Gasteiger partial charge in [0.1, 0.15) is 5.75 Å². The Kier molecular flexibility index (Phi) is 5.46. The number of benzene rings is 1. The first-order valence-corrected chi connectivity index (χ1v) is 8.01. The number of alkyl halides is 1. The number of ether oxygens (including phenoxy) is 1. The molecule has 1 aromatic carbocycles. The minimum atomic E-state index is 0.235. The first-order chi connectivity index (χ1) is 9.58. The van der Waals surface area contributed by atoms with Gasteiger partial charge in [-0.25, -0.2) is 0 Å². The van der Waals surface area contributed by atoms with Crippen LogP contribution in [0, 0.1) is 5.92 Å². The fourth-order valence-corrected chi connectivity index (χ4v) is 3.58. The van der Waals surface area contributed by atoms with Gasteiger partial charge in [0.15, 0.2) is 0 Å². The maximum atomic E-state index is 12.1. The van der Waals surface area contributed by atoms with Crippen LogP contribution in [-0.4, -0.2) is 36.3 Å². The van der Waals surface area contributed by atoms with E-state index in [1.807, 2.05) is 36.2 Å². The van der Waals surface area contributed by atoms with E-state index in [2.05, 4.69) is 15.9 Å². The van der Waals surface area contributed by atoms with Gasteiger partial charge in [0.25, 0.3) is 0 Å². The highest BCUT2D eigenvalue weighted by molar-refractivity contribution is 9.09. The Labute approximate surface area is 129 Å². The molecule has 1 aliphatic carbocycles. The number of carbonyl (C=O) groups is 1. The molecular weight excluding hydrogens is 318 g/mol. The second kappa shape index (κ2) is 7.11. The molecule has 0 bridgehead atoms. The molecule has 0 radical (unpaired) electrons. The molecule has 1 fully saturated rings. The number of carbonyl (C=O) groups excluding carboxylic acids is 1. The molecule has 0 atom stereocenters. The number of hydrogen-bond acceptors (Lipinski definition) is 2. The van der Waals surface area contributed by atoms with Crippen molar-refractivity contribution in [2.75, 3.05) is 20.7 Å². The van der Waals surface area contributed by atoms with Crippen molar-refractivity contribution in [2.24, 2.45) is 5.92 Å². The third-order valence-corrected chi connectivity index (χ3v) is 4.67. The van der Waals surface area contributed by atoms with Crippen molar-refractivity contribution >= 4 is 21.8 Å². The molecule has 20 heavy (non-hydrogen) atoms. The zero-order valence-electron chi connectivity index (χ0n) is 12.1. The Morgan fingerprint density at radius 1 is 1.35 bits per heavy atom. The van der Waals surface area contributed by atoms with E-state index in [1.165, 1.54) is 18.4 Å². The van der Waals surface area contributed by atoms with Crippen LogP contribution in [-0.2, 0) is 11.2 Å². The van der Waals surface area contributed by atoms with Crippen LogP contribution in [0.2, 0.25) is 0 Å². The first-order valence-electron chi connectivity index (χ1n) is 7.09. The van der Waals surface area contributed by atoms with E-state index in [1.54, 1.807) is 7.11 Å². The largest absolute Gasteiger partial charge is 0.497 e. The summed E-state index contributed by atoms with van der Waals surface area (Å²) in [6.07, 6.45) is 3.75. The number of amides is 1. The number of hydrogen-bond donors (Lipinski definition) is 0. The van der Waals surface area contributed by atoms with Gasteiger partial charge in [0.05, 0.1) is 7.11 Å². The van der Waals surface area contributed by atoms with Crippen molar-refractivity contribution in [3.8, 4) is 5.75 Å². The van der Waals surface area contributed by atoms with E-state index < -0.39 is 0 Å². The smallest absolute Gasteiger partial charge is 0.222 e. The van der Waals surface area contributed by atoms with Gasteiger partial charge in [0, 0.05) is 24.8 Å². The van der Waals surface area contributed by atoms with Crippen molar-refractivity contribution in [3.63, 3.8) is 0 Å². The minimum Gasteiger partial charge on any atom is -0.497 e. The average Bonchev–Trinajstić information content (AvgIpc) is 2.43. The van der Waals surface area contributed by atoms with Gasteiger partial charge in [-0.3, -0.25) is 4.79 Å². The van der Waals surface area contributed by atoms with E-state index >= 15 is 0 Å².